The third-order valence-corrected chi connectivity index (χ3v) is 8.70. The summed E-state index contributed by atoms with van der Waals surface area (Å²) in [4.78, 5) is 2.40. The van der Waals surface area contributed by atoms with Gasteiger partial charge < -0.3 is 4.90 Å². The van der Waals surface area contributed by atoms with Crippen LogP contribution in [0.25, 0.3) is 0 Å². The molecule has 1 fully saturated rings. The Kier molecular flexibility index (Phi) is 6.13. The van der Waals surface area contributed by atoms with E-state index in [0.29, 0.717) is 13.0 Å². The van der Waals surface area contributed by atoms with Crippen molar-refractivity contribution in [3.63, 3.8) is 0 Å². The lowest BCUT2D eigenvalue weighted by atomic mass is 10.1. The molecule has 4 nitrogen and oxygen atoms in total. The zero-order chi connectivity index (χ0) is 15.6. The van der Waals surface area contributed by atoms with E-state index in [1.807, 2.05) is 0 Å². The molecular formula is C13H20BrClN2O2S2. The van der Waals surface area contributed by atoms with Crippen molar-refractivity contribution < 1.29 is 8.42 Å². The zero-order valence-electron chi connectivity index (χ0n) is 12.2. The van der Waals surface area contributed by atoms with E-state index >= 15 is 0 Å². The first kappa shape index (κ1) is 17.7. The van der Waals surface area contributed by atoms with Gasteiger partial charge in [0.15, 0.2) is 0 Å². The van der Waals surface area contributed by atoms with E-state index in [9.17, 15) is 8.42 Å². The van der Waals surface area contributed by atoms with Gasteiger partial charge in [0.1, 0.15) is 4.21 Å². The van der Waals surface area contributed by atoms with Gasteiger partial charge in [-0.15, -0.1) is 11.3 Å². The highest BCUT2D eigenvalue weighted by molar-refractivity contribution is 9.11. The Labute approximate surface area is 144 Å². The second-order valence-electron chi connectivity index (χ2n) is 5.28. The Morgan fingerprint density at radius 2 is 2.10 bits per heavy atom. The van der Waals surface area contributed by atoms with Crippen molar-refractivity contribution >= 4 is 48.9 Å². The summed E-state index contributed by atoms with van der Waals surface area (Å²) in [5, 5.41) is 0.449. The molecule has 8 heteroatoms. The molecule has 1 aromatic heterocycles. The Morgan fingerprint density at radius 3 is 2.57 bits per heavy atom. The van der Waals surface area contributed by atoms with Crippen LogP contribution < -0.4 is 0 Å². The second kappa shape index (κ2) is 7.27. The number of sulfonamides is 1. The molecule has 21 heavy (non-hydrogen) atoms. The number of thiophene rings is 1. The van der Waals surface area contributed by atoms with Gasteiger partial charge in [-0.25, -0.2) is 8.42 Å². The molecule has 0 unspecified atom stereocenters. The highest BCUT2D eigenvalue weighted by atomic mass is 79.9. The normalized spacial score (nSPS) is 18.5. The highest BCUT2D eigenvalue weighted by Crippen LogP contribution is 2.36. The number of piperidine rings is 1. The van der Waals surface area contributed by atoms with Crippen LogP contribution in [0.15, 0.2) is 14.1 Å². The molecule has 1 saturated heterocycles. The van der Waals surface area contributed by atoms with Crippen LogP contribution in [0.4, 0.5) is 0 Å². The Balaban J connectivity index is 2.07. The van der Waals surface area contributed by atoms with Crippen molar-refractivity contribution in [3.8, 4) is 0 Å². The predicted octanol–water partition coefficient (Wildman–Crippen LogP) is 3.66. The van der Waals surface area contributed by atoms with Crippen LogP contribution in [0.5, 0.6) is 0 Å². The molecule has 0 radical (unpaired) electrons. The quantitative estimate of drug-likeness (QED) is 0.737. The molecule has 0 atom stereocenters. The number of likely N-dealkylation sites (tertiary alicyclic amines) is 1. The van der Waals surface area contributed by atoms with Crippen molar-refractivity contribution in [1.82, 2.24) is 9.21 Å². The lowest BCUT2D eigenvalue weighted by Crippen LogP contribution is -2.45. The summed E-state index contributed by atoms with van der Waals surface area (Å²) < 4.78 is 27.8. The first-order valence-corrected chi connectivity index (χ1v) is 10.4. The maximum Gasteiger partial charge on any atom is 0.252 e. The zero-order valence-corrected chi connectivity index (χ0v) is 16.2. The molecule has 120 valence electrons. The monoisotopic (exact) mass is 414 g/mol. The molecule has 2 rings (SSSR count). The molecule has 0 aliphatic carbocycles. The van der Waals surface area contributed by atoms with Gasteiger partial charge >= 0.3 is 0 Å². The van der Waals surface area contributed by atoms with E-state index < -0.39 is 10.0 Å². The number of halogens is 2. The molecule has 0 amide bonds. The van der Waals surface area contributed by atoms with Crippen LogP contribution in [0, 0.1) is 0 Å². The van der Waals surface area contributed by atoms with Crippen LogP contribution in [0.3, 0.4) is 0 Å². The van der Waals surface area contributed by atoms with E-state index in [1.54, 1.807) is 7.05 Å². The summed E-state index contributed by atoms with van der Waals surface area (Å²) in [6, 6.07) is 1.59. The summed E-state index contributed by atoms with van der Waals surface area (Å²) in [5.74, 6) is 0. The average Bonchev–Trinajstić information content (AvgIpc) is 2.80. The van der Waals surface area contributed by atoms with Gasteiger partial charge in [0, 0.05) is 13.1 Å². The van der Waals surface area contributed by atoms with Crippen molar-refractivity contribution in [3.05, 3.63) is 14.9 Å². The van der Waals surface area contributed by atoms with Crippen LogP contribution >= 0.6 is 38.9 Å². The maximum absolute atomic E-state index is 12.6. The van der Waals surface area contributed by atoms with Gasteiger partial charge in [-0.05, 0) is 60.9 Å². The van der Waals surface area contributed by atoms with Crippen LogP contribution in [-0.2, 0) is 10.0 Å². The third kappa shape index (κ3) is 4.00. The van der Waals surface area contributed by atoms with Crippen molar-refractivity contribution in [2.45, 2.75) is 36.4 Å². The van der Waals surface area contributed by atoms with Gasteiger partial charge in [-0.3, -0.25) is 0 Å². The third-order valence-electron chi connectivity index (χ3n) is 3.87. The van der Waals surface area contributed by atoms with Crippen LogP contribution in [-0.4, -0.2) is 50.3 Å². The maximum atomic E-state index is 12.6. The number of nitrogens with zero attached hydrogens (tertiary/aromatic N) is 2. The lowest BCUT2D eigenvalue weighted by molar-refractivity contribution is 0.170. The molecule has 2 heterocycles. The van der Waals surface area contributed by atoms with E-state index in [4.69, 9.17) is 11.6 Å². The van der Waals surface area contributed by atoms with Gasteiger partial charge in [0.25, 0.3) is 10.0 Å². The second-order valence-corrected chi connectivity index (χ2v) is 10.3. The highest BCUT2D eigenvalue weighted by Gasteiger charge is 2.32. The van der Waals surface area contributed by atoms with E-state index in [0.717, 1.165) is 38.9 Å². The smallest absolute Gasteiger partial charge is 0.252 e. The summed E-state index contributed by atoms with van der Waals surface area (Å²) in [6.07, 6.45) is 2.91. The molecule has 0 N–H and O–H groups in total. The fraction of sp³-hybridized carbons (Fsp3) is 0.692. The molecule has 0 spiro atoms. The fourth-order valence-electron chi connectivity index (χ4n) is 2.61. The van der Waals surface area contributed by atoms with E-state index in [1.165, 1.54) is 21.7 Å². The first-order valence-electron chi connectivity index (χ1n) is 7.01. The molecule has 0 saturated carbocycles. The lowest BCUT2D eigenvalue weighted by Gasteiger charge is -2.35. The Morgan fingerprint density at radius 1 is 1.48 bits per heavy atom. The van der Waals surface area contributed by atoms with Gasteiger partial charge in [0.2, 0.25) is 0 Å². The summed E-state index contributed by atoms with van der Waals surface area (Å²) in [7, 11) is -1.77. The molecule has 0 bridgehead atoms. The summed E-state index contributed by atoms with van der Waals surface area (Å²) in [6.45, 7) is 5.19. The fourth-order valence-corrected chi connectivity index (χ4v) is 6.62. The van der Waals surface area contributed by atoms with Crippen LogP contribution in [0.1, 0.15) is 26.2 Å². The standard InChI is InChI=1S/C13H20BrClN2O2S2/c1-3-6-17-7-4-10(5-8-17)16(2)21(18,19)12-9-11(15)13(14)20-12/h9-10H,3-8H2,1-2H3. The Bertz CT molecular complexity index is 563. The summed E-state index contributed by atoms with van der Waals surface area (Å²) in [5.41, 5.74) is 0. The van der Waals surface area contributed by atoms with Crippen molar-refractivity contribution in [1.29, 1.82) is 0 Å². The van der Waals surface area contributed by atoms with E-state index in [-0.39, 0.29) is 6.04 Å². The molecular weight excluding hydrogens is 396 g/mol. The number of hydrogen-bond donors (Lipinski definition) is 0. The molecule has 0 aromatic carbocycles. The molecule has 1 aliphatic heterocycles. The van der Waals surface area contributed by atoms with Gasteiger partial charge in [-0.2, -0.15) is 4.31 Å². The predicted molar refractivity (Wildman–Crippen MR) is 91.7 cm³/mol. The van der Waals surface area contributed by atoms with Crippen molar-refractivity contribution in [2.24, 2.45) is 0 Å². The number of hydrogen-bond acceptors (Lipinski definition) is 4. The SMILES string of the molecule is CCCN1CCC(N(C)S(=O)(=O)c2cc(Cl)c(Br)s2)CC1. The van der Waals surface area contributed by atoms with Gasteiger partial charge in [0.05, 0.1) is 8.81 Å². The molecule has 1 aliphatic rings. The van der Waals surface area contributed by atoms with Gasteiger partial charge in [-0.1, -0.05) is 18.5 Å². The minimum Gasteiger partial charge on any atom is -0.303 e. The average molecular weight is 416 g/mol. The van der Waals surface area contributed by atoms with E-state index in [2.05, 4.69) is 27.8 Å². The Hall–Kier alpha value is 0.340. The first-order chi connectivity index (χ1) is 9.86. The van der Waals surface area contributed by atoms with Crippen molar-refractivity contribution in [2.75, 3.05) is 26.7 Å². The summed E-state index contributed by atoms with van der Waals surface area (Å²) >= 11 is 10.4. The molecule has 1 aromatic rings. The minimum absolute atomic E-state index is 0.0720. The minimum atomic E-state index is -3.45. The van der Waals surface area contributed by atoms with Crippen LogP contribution in [0.2, 0.25) is 5.02 Å². The number of rotatable bonds is 5. The topological polar surface area (TPSA) is 40.6 Å². The largest absolute Gasteiger partial charge is 0.303 e.